The van der Waals surface area contributed by atoms with E-state index >= 15 is 0 Å². The average Bonchev–Trinajstić information content (AvgIpc) is 3.25. The number of hydrogen-bond donors (Lipinski definition) is 4. The molecule has 2 aliphatic rings. The highest BCUT2D eigenvalue weighted by Crippen LogP contribution is 2.55. The number of aliphatic hydroxyl groups excluding tert-OH is 2. The minimum absolute atomic E-state index is 0.00910. The van der Waals surface area contributed by atoms with E-state index < -0.39 is 40.7 Å². The Morgan fingerprint density at radius 3 is 2.42 bits per heavy atom. The second-order valence-corrected chi connectivity index (χ2v) is 9.90. The maximum atomic E-state index is 14.1. The van der Waals surface area contributed by atoms with Crippen molar-refractivity contribution in [2.75, 3.05) is 34.5 Å². The molecule has 0 aromatic heterocycles. The van der Waals surface area contributed by atoms with Crippen LogP contribution in [0.2, 0.25) is 5.02 Å². The fourth-order valence-corrected chi connectivity index (χ4v) is 5.55. The van der Waals surface area contributed by atoms with Gasteiger partial charge in [-0.25, -0.2) is 0 Å². The second-order valence-electron chi connectivity index (χ2n) is 9.52. The monoisotopic (exact) mass is 575 g/mol. The van der Waals surface area contributed by atoms with Crippen LogP contribution in [0.15, 0.2) is 35.6 Å². The number of halogens is 1. The normalized spacial score (nSPS) is 20.7. The number of phenolic OH excluding ortho intramolecular Hbond substituents is 1. The summed E-state index contributed by atoms with van der Waals surface area (Å²) < 4.78 is 22.1. The van der Waals surface area contributed by atoms with Gasteiger partial charge in [-0.05, 0) is 17.7 Å². The molecule has 1 amide bonds. The summed E-state index contributed by atoms with van der Waals surface area (Å²) >= 11 is 6.50. The van der Waals surface area contributed by atoms with Gasteiger partial charge in [0, 0.05) is 42.9 Å². The number of nitrogens with one attached hydrogen (secondary N) is 1. The van der Waals surface area contributed by atoms with Crippen molar-refractivity contribution in [1.82, 2.24) is 5.32 Å². The Bertz CT molecular complexity index is 1400. The van der Waals surface area contributed by atoms with Gasteiger partial charge in [-0.15, -0.1) is 0 Å². The van der Waals surface area contributed by atoms with Gasteiger partial charge < -0.3 is 39.6 Å². The lowest BCUT2D eigenvalue weighted by Gasteiger charge is -2.38. The zero-order valence-corrected chi connectivity index (χ0v) is 23.1. The van der Waals surface area contributed by atoms with Crippen molar-refractivity contribution in [2.24, 2.45) is 5.92 Å². The summed E-state index contributed by atoms with van der Waals surface area (Å²) in [6.45, 7) is 1.27. The summed E-state index contributed by atoms with van der Waals surface area (Å²) in [5, 5.41) is 33.6. The summed E-state index contributed by atoms with van der Waals surface area (Å²) in [6, 6.07) is 5.68. The zero-order chi connectivity index (χ0) is 29.4. The molecule has 4 rings (SSSR count). The third-order valence-corrected chi connectivity index (χ3v) is 7.65. The number of aromatic hydroxyl groups is 1. The molecule has 0 saturated heterocycles. The van der Waals surface area contributed by atoms with Crippen LogP contribution in [0.3, 0.4) is 0 Å². The Morgan fingerprint density at radius 1 is 1.12 bits per heavy atom. The topological polar surface area (TPSA) is 161 Å². The van der Waals surface area contributed by atoms with E-state index in [-0.39, 0.29) is 70.9 Å². The maximum Gasteiger partial charge on any atom is 0.231 e. The molecule has 0 saturated carbocycles. The number of rotatable bonds is 9. The van der Waals surface area contributed by atoms with Crippen molar-refractivity contribution in [3.05, 3.63) is 51.7 Å². The number of amides is 1. The zero-order valence-electron chi connectivity index (χ0n) is 22.4. The van der Waals surface area contributed by atoms with Gasteiger partial charge in [0.15, 0.2) is 28.8 Å². The summed E-state index contributed by atoms with van der Waals surface area (Å²) in [5.41, 5.74) is -1.89. The number of carbonyl (C=O) groups is 3. The third-order valence-electron chi connectivity index (χ3n) is 7.29. The minimum Gasteiger partial charge on any atom is -0.507 e. The van der Waals surface area contributed by atoms with Crippen LogP contribution >= 0.6 is 11.6 Å². The van der Waals surface area contributed by atoms with E-state index in [1.54, 1.807) is 6.92 Å². The average molecular weight is 576 g/mol. The largest absolute Gasteiger partial charge is 0.507 e. The van der Waals surface area contributed by atoms with Gasteiger partial charge in [0.2, 0.25) is 17.3 Å². The van der Waals surface area contributed by atoms with Crippen LogP contribution in [0.1, 0.15) is 41.6 Å². The molecular formula is C28H30ClNO10. The van der Waals surface area contributed by atoms with E-state index in [9.17, 15) is 24.6 Å². The van der Waals surface area contributed by atoms with Crippen LogP contribution in [-0.2, 0) is 9.59 Å². The third kappa shape index (κ3) is 4.58. The number of benzene rings is 2. The first-order valence-electron chi connectivity index (χ1n) is 12.4. The Kier molecular flexibility index (Phi) is 8.18. The molecule has 0 radical (unpaired) electrons. The van der Waals surface area contributed by atoms with Gasteiger partial charge >= 0.3 is 0 Å². The molecule has 2 aromatic rings. The molecule has 11 nitrogen and oxygen atoms in total. The fraction of sp³-hybridized carbons (Fsp3) is 0.393. The lowest BCUT2D eigenvalue weighted by molar-refractivity contribution is -0.122. The van der Waals surface area contributed by atoms with E-state index in [1.165, 1.54) is 45.6 Å². The summed E-state index contributed by atoms with van der Waals surface area (Å²) in [4.78, 5) is 40.4. The van der Waals surface area contributed by atoms with E-state index in [1.807, 2.05) is 0 Å². The molecule has 4 N–H and O–H groups in total. The minimum atomic E-state index is -2.03. The highest BCUT2D eigenvalue weighted by atomic mass is 35.5. The number of ether oxygens (including phenoxy) is 4. The molecule has 3 unspecified atom stereocenters. The summed E-state index contributed by atoms with van der Waals surface area (Å²) in [7, 11) is 4.08. The van der Waals surface area contributed by atoms with Crippen LogP contribution < -0.4 is 24.3 Å². The summed E-state index contributed by atoms with van der Waals surface area (Å²) in [6.07, 6.45) is -0.525. The smallest absolute Gasteiger partial charge is 0.231 e. The van der Waals surface area contributed by atoms with Crippen LogP contribution in [0.5, 0.6) is 28.7 Å². The van der Waals surface area contributed by atoms with Crippen molar-refractivity contribution in [1.29, 1.82) is 0 Å². The van der Waals surface area contributed by atoms with Gasteiger partial charge in [0.05, 0.1) is 27.9 Å². The van der Waals surface area contributed by atoms with Crippen LogP contribution in [0.4, 0.5) is 0 Å². The Hall–Kier alpha value is -3.96. The lowest BCUT2D eigenvalue weighted by Crippen LogP contribution is -2.53. The molecule has 2 aromatic carbocycles. The van der Waals surface area contributed by atoms with Crippen LogP contribution in [-0.4, -0.2) is 72.9 Å². The van der Waals surface area contributed by atoms with Crippen LogP contribution in [0.25, 0.3) is 0 Å². The van der Waals surface area contributed by atoms with E-state index in [4.69, 9.17) is 35.7 Å². The molecule has 1 aliphatic carbocycles. The van der Waals surface area contributed by atoms with Gasteiger partial charge in [-0.1, -0.05) is 24.6 Å². The number of allylic oxidation sites excluding steroid dienone is 1. The highest BCUT2D eigenvalue weighted by Gasteiger charge is 2.61. The molecule has 214 valence electrons. The Balaban J connectivity index is 1.93. The van der Waals surface area contributed by atoms with E-state index in [2.05, 4.69) is 5.32 Å². The predicted molar refractivity (Wildman–Crippen MR) is 143 cm³/mol. The molecule has 12 heteroatoms. The molecule has 40 heavy (non-hydrogen) atoms. The number of ketones is 2. The second kappa shape index (κ2) is 11.3. The van der Waals surface area contributed by atoms with E-state index in [0.717, 1.165) is 0 Å². The number of hydrogen-bond acceptors (Lipinski definition) is 10. The number of carbonyl (C=O) groups excluding carboxylic acids is 3. The number of methoxy groups -OCH3 is 3. The van der Waals surface area contributed by atoms with Crippen molar-refractivity contribution < 1.29 is 48.7 Å². The molecule has 0 fully saturated rings. The standard InChI is InChI=1S/C28H30ClNO10/c1-13-9-17(33)22(15(11-21(34)30-7-8-31)14-5-6-16(32)18(10-14)37-2)26(35)28(13)27(36)23-19(38-3)12-20(39-4)24(29)25(23)40-28/h5-6,10,12-13,15,31-32,35H,7-9,11H2,1-4H3,(H,30,34). The molecule has 3 atom stereocenters. The van der Waals surface area contributed by atoms with Gasteiger partial charge in [-0.2, -0.15) is 0 Å². The first kappa shape index (κ1) is 29.0. The lowest BCUT2D eigenvalue weighted by atomic mass is 9.69. The summed E-state index contributed by atoms with van der Waals surface area (Å²) in [5.74, 6) is -4.09. The molecule has 1 aliphatic heterocycles. The first-order valence-corrected chi connectivity index (χ1v) is 12.8. The van der Waals surface area contributed by atoms with Crippen molar-refractivity contribution in [3.8, 4) is 28.7 Å². The number of phenols is 1. The molecule has 0 bridgehead atoms. The number of Topliss-reactive ketones (excluding diaryl/α,β-unsaturated/α-hetero) is 2. The predicted octanol–water partition coefficient (Wildman–Crippen LogP) is 3.09. The molecule has 1 heterocycles. The Morgan fingerprint density at radius 2 is 1.80 bits per heavy atom. The van der Waals surface area contributed by atoms with Crippen molar-refractivity contribution >= 4 is 29.1 Å². The quantitative estimate of drug-likeness (QED) is 0.350. The van der Waals surface area contributed by atoms with Crippen LogP contribution in [0, 0.1) is 5.92 Å². The number of fused-ring (bicyclic) bond motifs is 1. The first-order chi connectivity index (χ1) is 19.0. The van der Waals surface area contributed by atoms with Gasteiger partial charge in [0.1, 0.15) is 22.1 Å². The molecular weight excluding hydrogens is 546 g/mol. The van der Waals surface area contributed by atoms with E-state index in [0.29, 0.717) is 5.56 Å². The maximum absolute atomic E-state index is 14.1. The van der Waals surface area contributed by atoms with Crippen molar-refractivity contribution in [3.63, 3.8) is 0 Å². The number of aliphatic hydroxyl groups is 2. The molecule has 1 spiro atoms. The fourth-order valence-electron chi connectivity index (χ4n) is 5.29. The van der Waals surface area contributed by atoms with Gasteiger partial charge in [0.25, 0.3) is 0 Å². The van der Waals surface area contributed by atoms with Gasteiger partial charge in [-0.3, -0.25) is 14.4 Å². The Labute approximate surface area is 235 Å². The SMILES string of the molecule is COc1cc(C(CC(=O)NCCO)C2=C(O)C3(Oc4c(Cl)c(OC)cc(OC)c4C3=O)C(C)CC2=O)ccc1O. The highest BCUT2D eigenvalue weighted by molar-refractivity contribution is 6.35. The van der Waals surface area contributed by atoms with Crippen molar-refractivity contribution in [2.45, 2.75) is 31.3 Å².